The number of carbonyl (C=O) groups is 2. The minimum atomic E-state index is -0.743. The molecule has 1 heterocycles. The number of carboxylic acid groups (broad SMARTS) is 1. The Kier molecular flexibility index (Phi) is 3.04. The second-order valence-electron chi connectivity index (χ2n) is 5.85. The lowest BCUT2D eigenvalue weighted by Gasteiger charge is -2.33. The Morgan fingerprint density at radius 1 is 1.25 bits per heavy atom. The van der Waals surface area contributed by atoms with Crippen molar-refractivity contribution in [2.75, 3.05) is 11.9 Å². The van der Waals surface area contributed by atoms with Gasteiger partial charge in [0.05, 0.1) is 5.41 Å². The van der Waals surface area contributed by atoms with Gasteiger partial charge in [0, 0.05) is 19.2 Å². The number of anilines is 1. The van der Waals surface area contributed by atoms with Crippen LogP contribution in [0.1, 0.15) is 43.2 Å². The second-order valence-corrected chi connectivity index (χ2v) is 5.85. The molecule has 3 rings (SSSR count). The molecule has 0 unspecified atom stereocenters. The molecule has 1 aromatic rings. The van der Waals surface area contributed by atoms with Gasteiger partial charge in [-0.25, -0.2) is 0 Å². The molecule has 0 bridgehead atoms. The summed E-state index contributed by atoms with van der Waals surface area (Å²) in [5.41, 5.74) is 2.12. The van der Waals surface area contributed by atoms with Gasteiger partial charge in [0.25, 0.3) is 0 Å². The summed E-state index contributed by atoms with van der Waals surface area (Å²) < 4.78 is 0. The van der Waals surface area contributed by atoms with Gasteiger partial charge in [-0.3, -0.25) is 9.59 Å². The van der Waals surface area contributed by atoms with Crippen LogP contribution in [-0.2, 0) is 21.4 Å². The summed E-state index contributed by atoms with van der Waals surface area (Å²) in [6.07, 6.45) is 4.46. The molecule has 1 N–H and O–H groups in total. The summed E-state index contributed by atoms with van der Waals surface area (Å²) in [4.78, 5) is 25.3. The fraction of sp³-hybridized carbons (Fsp3) is 0.500. The first-order valence-corrected chi connectivity index (χ1v) is 7.18. The van der Waals surface area contributed by atoms with Crippen molar-refractivity contribution in [3.05, 3.63) is 29.3 Å². The third-order valence-electron chi connectivity index (χ3n) is 4.86. The lowest BCUT2D eigenvalue weighted by Crippen LogP contribution is -2.37. The van der Waals surface area contributed by atoms with E-state index in [0.717, 1.165) is 29.7 Å². The molecule has 1 fully saturated rings. The van der Waals surface area contributed by atoms with E-state index >= 15 is 0 Å². The monoisotopic (exact) mass is 273 g/mol. The van der Waals surface area contributed by atoms with Crippen LogP contribution in [0.25, 0.3) is 0 Å². The minimum absolute atomic E-state index is 0.102. The molecular formula is C16H19NO3. The van der Waals surface area contributed by atoms with Crippen molar-refractivity contribution < 1.29 is 14.7 Å². The van der Waals surface area contributed by atoms with Crippen molar-refractivity contribution in [2.45, 2.75) is 43.9 Å². The van der Waals surface area contributed by atoms with Crippen molar-refractivity contribution in [2.24, 2.45) is 0 Å². The molecule has 1 aromatic carbocycles. The van der Waals surface area contributed by atoms with Crippen molar-refractivity contribution in [3.63, 3.8) is 0 Å². The van der Waals surface area contributed by atoms with E-state index < -0.39 is 11.4 Å². The minimum Gasteiger partial charge on any atom is -0.481 e. The van der Waals surface area contributed by atoms with Crippen LogP contribution in [0.2, 0.25) is 0 Å². The molecule has 2 aliphatic rings. The number of nitrogens with zero attached hydrogens (tertiary/aromatic N) is 1. The van der Waals surface area contributed by atoms with E-state index in [1.54, 1.807) is 11.9 Å². The van der Waals surface area contributed by atoms with Crippen LogP contribution >= 0.6 is 0 Å². The summed E-state index contributed by atoms with van der Waals surface area (Å²) >= 11 is 0. The highest BCUT2D eigenvalue weighted by Crippen LogP contribution is 2.45. The number of carboxylic acids is 1. The zero-order chi connectivity index (χ0) is 14.3. The first-order chi connectivity index (χ1) is 9.56. The van der Waals surface area contributed by atoms with Crippen molar-refractivity contribution in [1.29, 1.82) is 0 Å². The zero-order valence-corrected chi connectivity index (χ0v) is 11.7. The van der Waals surface area contributed by atoms with Crippen LogP contribution < -0.4 is 4.90 Å². The van der Waals surface area contributed by atoms with Crippen LogP contribution in [-0.4, -0.2) is 24.0 Å². The van der Waals surface area contributed by atoms with Crippen LogP contribution in [0.4, 0.5) is 5.69 Å². The molecule has 1 aliphatic carbocycles. The van der Waals surface area contributed by atoms with Gasteiger partial charge in [0.2, 0.25) is 5.91 Å². The van der Waals surface area contributed by atoms with E-state index in [-0.39, 0.29) is 5.91 Å². The third kappa shape index (κ3) is 1.74. The van der Waals surface area contributed by atoms with Gasteiger partial charge in [-0.05, 0) is 36.5 Å². The van der Waals surface area contributed by atoms with Gasteiger partial charge in [0.1, 0.15) is 0 Å². The average Bonchev–Trinajstić information content (AvgIpc) is 2.93. The third-order valence-corrected chi connectivity index (χ3v) is 4.86. The fourth-order valence-corrected chi connectivity index (χ4v) is 3.71. The number of carbonyl (C=O) groups excluding carboxylic acids is 1. The summed E-state index contributed by atoms with van der Waals surface area (Å²) in [6.45, 7) is 0. The molecule has 0 aromatic heterocycles. The largest absolute Gasteiger partial charge is 0.481 e. The number of amides is 1. The quantitative estimate of drug-likeness (QED) is 0.900. The smallest absolute Gasteiger partial charge is 0.314 e. The van der Waals surface area contributed by atoms with E-state index in [1.165, 1.54) is 0 Å². The Morgan fingerprint density at radius 2 is 1.95 bits per heavy atom. The maximum Gasteiger partial charge on any atom is 0.314 e. The Balaban J connectivity index is 2.16. The molecule has 1 amide bonds. The highest BCUT2D eigenvalue weighted by atomic mass is 16.4. The maximum atomic E-state index is 11.9. The molecule has 106 valence electrons. The summed E-state index contributed by atoms with van der Waals surface area (Å²) in [7, 11) is 1.77. The van der Waals surface area contributed by atoms with Gasteiger partial charge < -0.3 is 10.0 Å². The van der Waals surface area contributed by atoms with Crippen LogP contribution in [0.5, 0.6) is 0 Å². The zero-order valence-electron chi connectivity index (χ0n) is 11.7. The predicted molar refractivity (Wildman–Crippen MR) is 76.0 cm³/mol. The molecule has 1 saturated carbocycles. The van der Waals surface area contributed by atoms with Crippen molar-refractivity contribution in [1.82, 2.24) is 0 Å². The molecule has 0 atom stereocenters. The molecule has 4 heteroatoms. The van der Waals surface area contributed by atoms with Crippen LogP contribution in [0.3, 0.4) is 0 Å². The fourth-order valence-electron chi connectivity index (χ4n) is 3.71. The van der Waals surface area contributed by atoms with E-state index in [0.29, 0.717) is 25.7 Å². The first kappa shape index (κ1) is 13.2. The van der Waals surface area contributed by atoms with E-state index in [4.69, 9.17) is 0 Å². The summed E-state index contributed by atoms with van der Waals surface area (Å²) in [6, 6.07) is 5.74. The topological polar surface area (TPSA) is 57.6 Å². The Morgan fingerprint density at radius 3 is 2.60 bits per heavy atom. The van der Waals surface area contributed by atoms with E-state index in [2.05, 4.69) is 0 Å². The maximum absolute atomic E-state index is 11.9. The van der Waals surface area contributed by atoms with Gasteiger partial charge in [-0.15, -0.1) is 0 Å². The predicted octanol–water partition coefficient (Wildman–Crippen LogP) is 2.49. The standard InChI is InChI=1S/C16H19NO3/c1-17-13-6-4-5-12(11(13)7-8-14(17)18)16(15(19)20)9-2-3-10-16/h4-6H,2-3,7-10H2,1H3,(H,19,20). The summed E-state index contributed by atoms with van der Waals surface area (Å²) in [5.74, 6) is -0.617. The van der Waals surface area contributed by atoms with Gasteiger partial charge >= 0.3 is 5.97 Å². The Labute approximate surface area is 118 Å². The average molecular weight is 273 g/mol. The van der Waals surface area contributed by atoms with Crippen molar-refractivity contribution >= 4 is 17.6 Å². The molecule has 0 spiro atoms. The van der Waals surface area contributed by atoms with Gasteiger partial charge in [-0.2, -0.15) is 0 Å². The number of aliphatic carboxylic acids is 1. The van der Waals surface area contributed by atoms with Gasteiger partial charge in [0.15, 0.2) is 0 Å². The SMILES string of the molecule is CN1C(=O)CCc2c1cccc2C1(C(=O)O)CCCC1. The molecule has 0 radical (unpaired) electrons. The lowest BCUT2D eigenvalue weighted by atomic mass is 9.75. The van der Waals surface area contributed by atoms with E-state index in [9.17, 15) is 14.7 Å². The highest BCUT2D eigenvalue weighted by Gasteiger charge is 2.45. The number of rotatable bonds is 2. The number of hydrogen-bond acceptors (Lipinski definition) is 2. The summed E-state index contributed by atoms with van der Waals surface area (Å²) in [5, 5.41) is 9.76. The second kappa shape index (κ2) is 4.62. The molecule has 20 heavy (non-hydrogen) atoms. The molecular weight excluding hydrogens is 254 g/mol. The van der Waals surface area contributed by atoms with Crippen LogP contribution in [0.15, 0.2) is 18.2 Å². The highest BCUT2D eigenvalue weighted by molar-refractivity contribution is 5.97. The normalized spacial score (nSPS) is 20.9. The van der Waals surface area contributed by atoms with Crippen LogP contribution in [0, 0.1) is 0 Å². The molecule has 4 nitrogen and oxygen atoms in total. The van der Waals surface area contributed by atoms with Crippen molar-refractivity contribution in [3.8, 4) is 0 Å². The number of hydrogen-bond donors (Lipinski definition) is 1. The number of fused-ring (bicyclic) bond motifs is 1. The van der Waals surface area contributed by atoms with E-state index in [1.807, 2.05) is 18.2 Å². The molecule has 0 saturated heterocycles. The number of benzene rings is 1. The Hall–Kier alpha value is -1.84. The first-order valence-electron chi connectivity index (χ1n) is 7.18. The molecule has 1 aliphatic heterocycles. The Bertz CT molecular complexity index is 573. The van der Waals surface area contributed by atoms with Gasteiger partial charge in [-0.1, -0.05) is 25.0 Å². The lowest BCUT2D eigenvalue weighted by molar-refractivity contribution is -0.143.